The molecule has 0 aromatic heterocycles. The molecule has 0 fully saturated rings. The molecule has 0 aliphatic carbocycles. The smallest absolute Gasteiger partial charge is 0.246 e. The van der Waals surface area contributed by atoms with Crippen molar-refractivity contribution >= 4 is 23.4 Å². The lowest BCUT2D eigenvalue weighted by Crippen LogP contribution is -2.42. The molecule has 0 aliphatic heterocycles. The number of halogens is 1. The molecule has 0 aliphatic rings. The lowest BCUT2D eigenvalue weighted by atomic mass is 10.1. The summed E-state index contributed by atoms with van der Waals surface area (Å²) in [5, 5.41) is 6.06. The number of hydrogen-bond donors (Lipinski definition) is 2. The van der Waals surface area contributed by atoms with Crippen LogP contribution < -0.4 is 10.6 Å². The second-order valence-electron chi connectivity index (χ2n) is 5.82. The fourth-order valence-electron chi connectivity index (χ4n) is 2.50. The number of nitrogens with one attached hydrogen (secondary N) is 2. The molecule has 0 radical (unpaired) electrons. The fraction of sp³-hybridized carbons (Fsp3) is 0.263. The van der Waals surface area contributed by atoms with Gasteiger partial charge in [-0.15, -0.1) is 0 Å². The van der Waals surface area contributed by atoms with E-state index in [1.165, 1.54) is 0 Å². The summed E-state index contributed by atoms with van der Waals surface area (Å²) < 4.78 is 0. The van der Waals surface area contributed by atoms with Crippen molar-refractivity contribution in [3.8, 4) is 0 Å². The number of nitrogens with zero attached hydrogens (tertiary/aromatic N) is 1. The highest BCUT2D eigenvalue weighted by molar-refractivity contribution is 6.30. The summed E-state index contributed by atoms with van der Waals surface area (Å²) in [6.07, 6.45) is 0. The molecule has 2 amide bonds. The van der Waals surface area contributed by atoms with Gasteiger partial charge >= 0.3 is 0 Å². The van der Waals surface area contributed by atoms with Crippen LogP contribution in [0.3, 0.4) is 0 Å². The zero-order valence-electron chi connectivity index (χ0n) is 14.3. The van der Waals surface area contributed by atoms with Gasteiger partial charge in [-0.3, -0.25) is 14.5 Å². The second-order valence-corrected chi connectivity index (χ2v) is 6.26. The molecule has 132 valence electrons. The predicted octanol–water partition coefficient (Wildman–Crippen LogP) is 2.38. The van der Waals surface area contributed by atoms with Crippen molar-refractivity contribution in [2.75, 3.05) is 20.6 Å². The maximum Gasteiger partial charge on any atom is 0.246 e. The number of rotatable bonds is 7. The molecular formula is C19H22ClN3O2. The molecule has 2 N–H and O–H groups in total. The van der Waals surface area contributed by atoms with E-state index in [1.807, 2.05) is 66.5 Å². The van der Waals surface area contributed by atoms with E-state index in [0.29, 0.717) is 11.6 Å². The summed E-state index contributed by atoms with van der Waals surface area (Å²) >= 11 is 5.88. The van der Waals surface area contributed by atoms with E-state index in [4.69, 9.17) is 11.6 Å². The molecule has 2 aromatic rings. The van der Waals surface area contributed by atoms with Gasteiger partial charge in [0.1, 0.15) is 6.04 Å². The zero-order valence-corrected chi connectivity index (χ0v) is 15.1. The van der Waals surface area contributed by atoms with Gasteiger partial charge < -0.3 is 10.6 Å². The molecule has 25 heavy (non-hydrogen) atoms. The lowest BCUT2D eigenvalue weighted by Gasteiger charge is -2.21. The number of amides is 2. The van der Waals surface area contributed by atoms with Gasteiger partial charge in [-0.25, -0.2) is 0 Å². The summed E-state index contributed by atoms with van der Waals surface area (Å²) in [7, 11) is 3.41. The van der Waals surface area contributed by atoms with Crippen molar-refractivity contribution < 1.29 is 9.59 Å². The highest BCUT2D eigenvalue weighted by atomic mass is 35.5. The van der Waals surface area contributed by atoms with Crippen LogP contribution in [0.15, 0.2) is 54.6 Å². The molecule has 0 spiro atoms. The van der Waals surface area contributed by atoms with Gasteiger partial charge in [-0.2, -0.15) is 0 Å². The minimum Gasteiger partial charge on any atom is -0.357 e. The lowest BCUT2D eigenvalue weighted by molar-refractivity contribution is -0.129. The van der Waals surface area contributed by atoms with Crippen molar-refractivity contribution in [1.29, 1.82) is 0 Å². The first-order valence-corrected chi connectivity index (χ1v) is 8.36. The highest BCUT2D eigenvalue weighted by Gasteiger charge is 2.21. The van der Waals surface area contributed by atoms with Crippen LogP contribution in [0.1, 0.15) is 17.2 Å². The summed E-state index contributed by atoms with van der Waals surface area (Å²) in [6.45, 7) is 0.795. The Hall–Kier alpha value is -2.37. The van der Waals surface area contributed by atoms with E-state index >= 15 is 0 Å². The first-order valence-electron chi connectivity index (χ1n) is 7.98. The Balaban J connectivity index is 1.96. The van der Waals surface area contributed by atoms with Crippen LogP contribution >= 0.6 is 11.6 Å². The van der Waals surface area contributed by atoms with Crippen LogP contribution in [-0.2, 0) is 16.1 Å². The van der Waals surface area contributed by atoms with Gasteiger partial charge in [0.2, 0.25) is 11.8 Å². The average Bonchev–Trinajstić information content (AvgIpc) is 2.61. The first kappa shape index (κ1) is 19.0. The third kappa shape index (κ3) is 5.89. The molecule has 0 bridgehead atoms. The molecule has 1 unspecified atom stereocenters. The topological polar surface area (TPSA) is 61.4 Å². The van der Waals surface area contributed by atoms with Gasteiger partial charge in [0.05, 0.1) is 6.54 Å². The molecule has 0 saturated heterocycles. The maximum atomic E-state index is 12.3. The Morgan fingerprint density at radius 1 is 1.08 bits per heavy atom. The standard InChI is InChI=1S/C19H22ClN3O2/c1-21-19(25)18(15-6-4-3-5-7-15)22-17(24)13-23(2)12-14-8-10-16(20)11-9-14/h3-11,18H,12-13H2,1-2H3,(H,21,25)(H,22,24). The molecule has 1 atom stereocenters. The molecule has 0 saturated carbocycles. The van der Waals surface area contributed by atoms with Crippen molar-refractivity contribution in [2.24, 2.45) is 0 Å². The minimum absolute atomic E-state index is 0.183. The van der Waals surface area contributed by atoms with E-state index < -0.39 is 6.04 Å². The van der Waals surface area contributed by atoms with E-state index in [9.17, 15) is 9.59 Å². The Bertz CT molecular complexity index is 704. The molecule has 2 aromatic carbocycles. The van der Waals surface area contributed by atoms with Gasteiger partial charge in [-0.1, -0.05) is 54.1 Å². The number of carbonyl (C=O) groups is 2. The van der Waals surface area contributed by atoms with Crippen molar-refractivity contribution in [2.45, 2.75) is 12.6 Å². The highest BCUT2D eigenvalue weighted by Crippen LogP contribution is 2.13. The van der Waals surface area contributed by atoms with E-state index in [0.717, 1.165) is 11.1 Å². The third-order valence-corrected chi connectivity index (χ3v) is 3.98. The Morgan fingerprint density at radius 3 is 2.32 bits per heavy atom. The van der Waals surface area contributed by atoms with Crippen molar-refractivity contribution in [3.05, 3.63) is 70.7 Å². The summed E-state index contributed by atoms with van der Waals surface area (Å²) in [6, 6.07) is 16.0. The summed E-state index contributed by atoms with van der Waals surface area (Å²) in [4.78, 5) is 26.3. The van der Waals surface area contributed by atoms with Crippen LogP contribution in [0.2, 0.25) is 5.02 Å². The Kier molecular flexibility index (Phi) is 6.98. The Labute approximate surface area is 153 Å². The van der Waals surface area contributed by atoms with Crippen LogP contribution in [0.4, 0.5) is 0 Å². The molecular weight excluding hydrogens is 338 g/mol. The van der Waals surface area contributed by atoms with Crippen LogP contribution in [0.5, 0.6) is 0 Å². The van der Waals surface area contributed by atoms with Gasteiger partial charge in [0, 0.05) is 18.6 Å². The number of hydrogen-bond acceptors (Lipinski definition) is 3. The maximum absolute atomic E-state index is 12.3. The number of likely N-dealkylation sites (N-methyl/N-ethyl adjacent to an activating group) is 2. The van der Waals surface area contributed by atoms with E-state index in [2.05, 4.69) is 10.6 Å². The molecule has 0 heterocycles. The van der Waals surface area contributed by atoms with Gasteiger partial charge in [0.15, 0.2) is 0 Å². The SMILES string of the molecule is CNC(=O)C(NC(=O)CN(C)Cc1ccc(Cl)cc1)c1ccccc1. The summed E-state index contributed by atoms with van der Waals surface area (Å²) in [5.74, 6) is -0.464. The Morgan fingerprint density at radius 2 is 1.72 bits per heavy atom. The van der Waals surface area contributed by atoms with E-state index in [1.54, 1.807) is 7.05 Å². The quantitative estimate of drug-likeness (QED) is 0.798. The average molecular weight is 360 g/mol. The predicted molar refractivity (Wildman–Crippen MR) is 99.2 cm³/mol. The van der Waals surface area contributed by atoms with Gasteiger partial charge in [0.25, 0.3) is 0 Å². The van der Waals surface area contributed by atoms with Crippen LogP contribution in [0, 0.1) is 0 Å². The van der Waals surface area contributed by atoms with E-state index in [-0.39, 0.29) is 18.4 Å². The monoisotopic (exact) mass is 359 g/mol. The van der Waals surface area contributed by atoms with Crippen molar-refractivity contribution in [1.82, 2.24) is 15.5 Å². The number of benzene rings is 2. The second kappa shape index (κ2) is 9.20. The zero-order chi connectivity index (χ0) is 18.2. The fourth-order valence-corrected chi connectivity index (χ4v) is 2.63. The van der Waals surface area contributed by atoms with Crippen LogP contribution in [-0.4, -0.2) is 37.4 Å². The van der Waals surface area contributed by atoms with Gasteiger partial charge in [-0.05, 0) is 30.3 Å². The molecule has 6 heteroatoms. The normalized spacial score (nSPS) is 11.8. The molecule has 2 rings (SSSR count). The first-order chi connectivity index (χ1) is 12.0. The third-order valence-electron chi connectivity index (χ3n) is 3.73. The molecule has 5 nitrogen and oxygen atoms in total. The largest absolute Gasteiger partial charge is 0.357 e. The number of carbonyl (C=O) groups excluding carboxylic acids is 2. The van der Waals surface area contributed by atoms with Crippen molar-refractivity contribution in [3.63, 3.8) is 0 Å². The summed E-state index contributed by atoms with van der Waals surface area (Å²) in [5.41, 5.74) is 1.81. The minimum atomic E-state index is -0.706. The van der Waals surface area contributed by atoms with Crippen LogP contribution in [0.25, 0.3) is 0 Å².